The standard InChI is InChI=1S/C11H16ClN3O/c12-7-5-10(14-6-7)11(16)15-9-3-1-8(13)2-4-9/h5-6,8-9,14H,1-4,13H2,(H,15,16). The van der Waals surface area contributed by atoms with Gasteiger partial charge in [0.2, 0.25) is 0 Å². The number of nitrogens with one attached hydrogen (secondary N) is 2. The van der Waals surface area contributed by atoms with Crippen molar-refractivity contribution in [2.45, 2.75) is 37.8 Å². The Kier molecular flexibility index (Phi) is 3.51. The van der Waals surface area contributed by atoms with Crippen LogP contribution < -0.4 is 11.1 Å². The number of carbonyl (C=O) groups is 1. The highest BCUT2D eigenvalue weighted by Gasteiger charge is 2.20. The lowest BCUT2D eigenvalue weighted by molar-refractivity contribution is 0.0921. The van der Waals surface area contributed by atoms with Crippen molar-refractivity contribution < 1.29 is 4.79 Å². The third kappa shape index (κ3) is 2.77. The Hall–Kier alpha value is -1.00. The molecule has 1 aromatic rings. The van der Waals surface area contributed by atoms with E-state index < -0.39 is 0 Å². The molecule has 1 amide bonds. The van der Waals surface area contributed by atoms with Crippen LogP contribution in [0, 0.1) is 0 Å². The Bertz CT molecular complexity index is 369. The van der Waals surface area contributed by atoms with Crippen molar-refractivity contribution in [2.24, 2.45) is 5.73 Å². The Balaban J connectivity index is 1.88. The molecule has 1 heterocycles. The van der Waals surface area contributed by atoms with Crippen molar-refractivity contribution in [2.75, 3.05) is 0 Å². The minimum Gasteiger partial charge on any atom is -0.356 e. The predicted octanol–water partition coefficient (Wildman–Crippen LogP) is 1.67. The molecule has 1 fully saturated rings. The number of hydrogen-bond donors (Lipinski definition) is 3. The fourth-order valence-electron chi connectivity index (χ4n) is 2.03. The summed E-state index contributed by atoms with van der Waals surface area (Å²) in [5, 5.41) is 3.54. The lowest BCUT2D eigenvalue weighted by Crippen LogP contribution is -2.40. The number of nitrogens with two attached hydrogens (primary N) is 1. The first-order valence-corrected chi connectivity index (χ1v) is 5.93. The zero-order valence-corrected chi connectivity index (χ0v) is 9.76. The maximum Gasteiger partial charge on any atom is 0.267 e. The molecule has 88 valence electrons. The molecule has 2 rings (SSSR count). The summed E-state index contributed by atoms with van der Waals surface area (Å²) < 4.78 is 0. The SMILES string of the molecule is NC1CCC(NC(=O)c2cc(Cl)c[nH]2)CC1. The molecule has 16 heavy (non-hydrogen) atoms. The molecular weight excluding hydrogens is 226 g/mol. The molecule has 0 aromatic carbocycles. The smallest absolute Gasteiger partial charge is 0.267 e. The van der Waals surface area contributed by atoms with E-state index in [0.717, 1.165) is 25.7 Å². The first kappa shape index (κ1) is 11.5. The monoisotopic (exact) mass is 241 g/mol. The molecule has 0 saturated heterocycles. The van der Waals surface area contributed by atoms with Crippen LogP contribution in [-0.2, 0) is 0 Å². The highest BCUT2D eigenvalue weighted by atomic mass is 35.5. The van der Waals surface area contributed by atoms with Gasteiger partial charge in [-0.25, -0.2) is 0 Å². The van der Waals surface area contributed by atoms with E-state index in [1.165, 1.54) is 0 Å². The van der Waals surface area contributed by atoms with Crippen molar-refractivity contribution in [3.05, 3.63) is 23.0 Å². The summed E-state index contributed by atoms with van der Waals surface area (Å²) in [5.41, 5.74) is 6.32. The van der Waals surface area contributed by atoms with Gasteiger partial charge in [0.1, 0.15) is 5.69 Å². The van der Waals surface area contributed by atoms with Crippen LogP contribution in [0.15, 0.2) is 12.3 Å². The van der Waals surface area contributed by atoms with Gasteiger partial charge in [-0.2, -0.15) is 0 Å². The topological polar surface area (TPSA) is 70.9 Å². The van der Waals surface area contributed by atoms with E-state index in [4.69, 9.17) is 17.3 Å². The minimum absolute atomic E-state index is 0.0904. The van der Waals surface area contributed by atoms with Gasteiger partial charge in [0, 0.05) is 18.3 Å². The molecule has 0 radical (unpaired) electrons. The largest absolute Gasteiger partial charge is 0.356 e. The van der Waals surface area contributed by atoms with Gasteiger partial charge < -0.3 is 16.0 Å². The fourth-order valence-corrected chi connectivity index (χ4v) is 2.19. The lowest BCUT2D eigenvalue weighted by Gasteiger charge is -2.26. The average Bonchev–Trinajstić information content (AvgIpc) is 2.68. The van der Waals surface area contributed by atoms with Crippen LogP contribution in [0.25, 0.3) is 0 Å². The average molecular weight is 242 g/mol. The number of aromatic amines is 1. The van der Waals surface area contributed by atoms with E-state index in [0.29, 0.717) is 16.8 Å². The van der Waals surface area contributed by atoms with E-state index >= 15 is 0 Å². The van der Waals surface area contributed by atoms with Crippen LogP contribution in [0.2, 0.25) is 5.02 Å². The number of aromatic nitrogens is 1. The quantitative estimate of drug-likeness (QED) is 0.737. The molecule has 1 saturated carbocycles. The molecule has 1 aliphatic rings. The van der Waals surface area contributed by atoms with Crippen LogP contribution in [0.3, 0.4) is 0 Å². The maximum absolute atomic E-state index is 11.8. The maximum atomic E-state index is 11.8. The van der Waals surface area contributed by atoms with Gasteiger partial charge in [0.25, 0.3) is 5.91 Å². The summed E-state index contributed by atoms with van der Waals surface area (Å²) in [4.78, 5) is 14.6. The van der Waals surface area contributed by atoms with Crippen LogP contribution in [-0.4, -0.2) is 23.0 Å². The second-order valence-electron chi connectivity index (χ2n) is 4.32. The van der Waals surface area contributed by atoms with Gasteiger partial charge >= 0.3 is 0 Å². The van der Waals surface area contributed by atoms with E-state index in [9.17, 15) is 4.79 Å². The Morgan fingerprint density at radius 3 is 2.69 bits per heavy atom. The molecule has 4 nitrogen and oxygen atoms in total. The third-order valence-electron chi connectivity index (χ3n) is 3.00. The number of carbonyl (C=O) groups excluding carboxylic acids is 1. The number of halogens is 1. The second kappa shape index (κ2) is 4.89. The first-order chi connectivity index (χ1) is 7.65. The van der Waals surface area contributed by atoms with Crippen LogP contribution in [0.5, 0.6) is 0 Å². The Morgan fingerprint density at radius 1 is 1.44 bits per heavy atom. The molecule has 0 atom stereocenters. The number of H-pyrrole nitrogens is 1. The van der Waals surface area contributed by atoms with Crippen molar-refractivity contribution in [1.82, 2.24) is 10.3 Å². The molecule has 0 bridgehead atoms. The van der Waals surface area contributed by atoms with Crippen LogP contribution >= 0.6 is 11.6 Å². The summed E-state index contributed by atoms with van der Waals surface area (Å²) in [6.07, 6.45) is 5.49. The Labute approximate surface area is 99.5 Å². The normalized spacial score (nSPS) is 25.4. The van der Waals surface area contributed by atoms with E-state index in [1.54, 1.807) is 12.3 Å². The summed E-state index contributed by atoms with van der Waals surface area (Å²) in [6.45, 7) is 0. The zero-order chi connectivity index (χ0) is 11.5. The highest BCUT2D eigenvalue weighted by molar-refractivity contribution is 6.30. The highest BCUT2D eigenvalue weighted by Crippen LogP contribution is 2.17. The molecule has 1 aliphatic carbocycles. The van der Waals surface area contributed by atoms with Crippen LogP contribution in [0.4, 0.5) is 0 Å². The van der Waals surface area contributed by atoms with Crippen molar-refractivity contribution in [3.8, 4) is 0 Å². The molecule has 0 spiro atoms. The van der Waals surface area contributed by atoms with E-state index in [1.807, 2.05) is 0 Å². The molecule has 5 heteroatoms. The fraction of sp³-hybridized carbons (Fsp3) is 0.545. The van der Waals surface area contributed by atoms with Gasteiger partial charge in [-0.1, -0.05) is 11.6 Å². The second-order valence-corrected chi connectivity index (χ2v) is 4.75. The minimum atomic E-state index is -0.0904. The Morgan fingerprint density at radius 2 is 2.12 bits per heavy atom. The van der Waals surface area contributed by atoms with Gasteiger partial charge in [-0.15, -0.1) is 0 Å². The summed E-state index contributed by atoms with van der Waals surface area (Å²) in [7, 11) is 0. The number of rotatable bonds is 2. The molecule has 0 aliphatic heterocycles. The number of amides is 1. The lowest BCUT2D eigenvalue weighted by atomic mass is 9.92. The van der Waals surface area contributed by atoms with E-state index in [2.05, 4.69) is 10.3 Å². The molecular formula is C11H16ClN3O. The molecule has 1 aromatic heterocycles. The van der Waals surface area contributed by atoms with Crippen LogP contribution in [0.1, 0.15) is 36.2 Å². The predicted molar refractivity (Wildman–Crippen MR) is 63.5 cm³/mol. The number of hydrogen-bond acceptors (Lipinski definition) is 2. The van der Waals surface area contributed by atoms with Crippen molar-refractivity contribution in [1.29, 1.82) is 0 Å². The zero-order valence-electron chi connectivity index (χ0n) is 9.00. The molecule has 0 unspecified atom stereocenters. The third-order valence-corrected chi connectivity index (χ3v) is 3.22. The van der Waals surface area contributed by atoms with Gasteiger partial charge in [-0.05, 0) is 31.7 Å². The van der Waals surface area contributed by atoms with Gasteiger partial charge in [-0.3, -0.25) is 4.79 Å². The summed E-state index contributed by atoms with van der Waals surface area (Å²) >= 11 is 5.74. The van der Waals surface area contributed by atoms with Crippen molar-refractivity contribution in [3.63, 3.8) is 0 Å². The van der Waals surface area contributed by atoms with Gasteiger partial charge in [0.05, 0.1) is 5.02 Å². The van der Waals surface area contributed by atoms with Crippen molar-refractivity contribution >= 4 is 17.5 Å². The summed E-state index contributed by atoms with van der Waals surface area (Å²) in [6, 6.07) is 2.17. The van der Waals surface area contributed by atoms with Gasteiger partial charge in [0.15, 0.2) is 0 Å². The van der Waals surface area contributed by atoms with E-state index in [-0.39, 0.29) is 11.9 Å². The summed E-state index contributed by atoms with van der Waals surface area (Å²) in [5.74, 6) is -0.0904. The first-order valence-electron chi connectivity index (χ1n) is 5.55. The molecule has 4 N–H and O–H groups in total.